The number of aromatic carboxylic acids is 1. The molecule has 0 amide bonds. The Balaban J connectivity index is 2.17. The van der Waals surface area contributed by atoms with E-state index in [1.807, 2.05) is 18.2 Å². The highest BCUT2D eigenvalue weighted by atomic mass is 16.5. The third-order valence-corrected chi connectivity index (χ3v) is 2.89. The van der Waals surface area contributed by atoms with Gasteiger partial charge in [-0.05, 0) is 6.07 Å². The highest BCUT2D eigenvalue weighted by Gasteiger charge is 2.16. The lowest BCUT2D eigenvalue weighted by molar-refractivity contribution is 0.0686. The van der Waals surface area contributed by atoms with Crippen LogP contribution in [0, 0.1) is 0 Å². The number of benzene rings is 1. The number of para-hydroxylation sites is 1. The van der Waals surface area contributed by atoms with E-state index in [-0.39, 0.29) is 5.69 Å². The zero-order chi connectivity index (χ0) is 13.4. The van der Waals surface area contributed by atoms with E-state index < -0.39 is 5.97 Å². The second-order valence-electron chi connectivity index (χ2n) is 3.97. The molecular weight excluding hydrogens is 248 g/mol. The molecule has 96 valence electrons. The zero-order valence-electron chi connectivity index (χ0n) is 10.0. The molecule has 0 aliphatic carbocycles. The van der Waals surface area contributed by atoms with Gasteiger partial charge in [-0.2, -0.15) is 0 Å². The lowest BCUT2D eigenvalue weighted by atomic mass is 10.1. The van der Waals surface area contributed by atoms with E-state index in [9.17, 15) is 4.79 Å². The van der Waals surface area contributed by atoms with Crippen molar-refractivity contribution >= 4 is 16.9 Å². The van der Waals surface area contributed by atoms with Gasteiger partial charge in [0.15, 0.2) is 11.5 Å². The standard InChI is InChI=1S/C13H10N2O4/c1-18-10-4-2-3-7-8(6-14-12(7)10)11-5-9(13(16)17)15-19-11/h2-6,14H,1H3,(H,16,17). The maximum Gasteiger partial charge on any atom is 0.358 e. The van der Waals surface area contributed by atoms with E-state index in [4.69, 9.17) is 14.4 Å². The molecule has 0 fully saturated rings. The Kier molecular flexibility index (Phi) is 2.49. The Bertz CT molecular complexity index is 757. The number of methoxy groups -OCH3 is 1. The number of nitrogens with one attached hydrogen (secondary N) is 1. The third kappa shape index (κ3) is 1.74. The number of H-pyrrole nitrogens is 1. The number of hydrogen-bond acceptors (Lipinski definition) is 4. The van der Waals surface area contributed by atoms with Crippen LogP contribution < -0.4 is 4.74 Å². The van der Waals surface area contributed by atoms with Gasteiger partial charge < -0.3 is 19.4 Å². The molecule has 0 bridgehead atoms. The van der Waals surface area contributed by atoms with Gasteiger partial charge in [0.1, 0.15) is 5.75 Å². The minimum absolute atomic E-state index is 0.118. The molecule has 0 aliphatic heterocycles. The number of hydrogen-bond donors (Lipinski definition) is 2. The molecule has 1 aromatic carbocycles. The molecule has 19 heavy (non-hydrogen) atoms. The second kappa shape index (κ2) is 4.16. The van der Waals surface area contributed by atoms with Crippen LogP contribution >= 0.6 is 0 Å². The largest absolute Gasteiger partial charge is 0.495 e. The number of rotatable bonds is 3. The quantitative estimate of drug-likeness (QED) is 0.753. The zero-order valence-corrected chi connectivity index (χ0v) is 10.0. The number of aromatic amines is 1. The van der Waals surface area contributed by atoms with Crippen molar-refractivity contribution in [3.05, 3.63) is 36.2 Å². The average molecular weight is 258 g/mol. The Morgan fingerprint density at radius 1 is 1.47 bits per heavy atom. The van der Waals surface area contributed by atoms with Crippen LogP contribution in [0.5, 0.6) is 5.75 Å². The predicted octanol–water partition coefficient (Wildman–Crippen LogP) is 2.53. The summed E-state index contributed by atoms with van der Waals surface area (Å²) in [5.41, 5.74) is 1.45. The van der Waals surface area contributed by atoms with Crippen molar-refractivity contribution in [2.24, 2.45) is 0 Å². The topological polar surface area (TPSA) is 88.3 Å². The van der Waals surface area contributed by atoms with Gasteiger partial charge in [-0.25, -0.2) is 4.79 Å². The number of nitrogens with zero attached hydrogens (tertiary/aromatic N) is 1. The molecule has 6 nitrogen and oxygen atoms in total. The first-order valence-corrected chi connectivity index (χ1v) is 5.55. The van der Waals surface area contributed by atoms with Crippen molar-refractivity contribution in [3.63, 3.8) is 0 Å². The fraction of sp³-hybridized carbons (Fsp3) is 0.0769. The van der Waals surface area contributed by atoms with Crippen LogP contribution in [0.15, 0.2) is 35.0 Å². The molecule has 0 saturated heterocycles. The van der Waals surface area contributed by atoms with Crippen molar-refractivity contribution in [2.45, 2.75) is 0 Å². The van der Waals surface area contributed by atoms with E-state index >= 15 is 0 Å². The molecule has 2 N–H and O–H groups in total. The molecular formula is C13H10N2O4. The van der Waals surface area contributed by atoms with Crippen LogP contribution in [-0.4, -0.2) is 28.3 Å². The van der Waals surface area contributed by atoms with Crippen molar-refractivity contribution in [2.75, 3.05) is 7.11 Å². The molecule has 2 heterocycles. The molecule has 0 saturated carbocycles. The Morgan fingerprint density at radius 2 is 2.32 bits per heavy atom. The lowest BCUT2D eigenvalue weighted by Crippen LogP contribution is -1.94. The van der Waals surface area contributed by atoms with Crippen molar-refractivity contribution in [1.29, 1.82) is 0 Å². The SMILES string of the molecule is COc1cccc2c(-c3cc(C(=O)O)no3)c[nH]c12. The van der Waals surface area contributed by atoms with Gasteiger partial charge in [0.25, 0.3) is 0 Å². The van der Waals surface area contributed by atoms with Crippen molar-refractivity contribution in [3.8, 4) is 17.1 Å². The lowest BCUT2D eigenvalue weighted by Gasteiger charge is -2.00. The number of aromatic nitrogens is 2. The summed E-state index contributed by atoms with van der Waals surface area (Å²) >= 11 is 0. The highest BCUT2D eigenvalue weighted by molar-refractivity contribution is 5.98. The molecule has 0 aliphatic rings. The molecule has 0 unspecified atom stereocenters. The van der Waals surface area contributed by atoms with Crippen molar-refractivity contribution < 1.29 is 19.2 Å². The minimum Gasteiger partial charge on any atom is -0.495 e. The van der Waals surface area contributed by atoms with Crippen LogP contribution in [0.4, 0.5) is 0 Å². The molecule has 3 rings (SSSR count). The molecule has 0 atom stereocenters. The van der Waals surface area contributed by atoms with Gasteiger partial charge in [0.2, 0.25) is 0 Å². The number of carboxylic acid groups (broad SMARTS) is 1. The minimum atomic E-state index is -1.12. The summed E-state index contributed by atoms with van der Waals surface area (Å²) in [6.07, 6.45) is 1.74. The van der Waals surface area contributed by atoms with Crippen LogP contribution in [-0.2, 0) is 0 Å². The van der Waals surface area contributed by atoms with E-state index in [1.54, 1.807) is 13.3 Å². The number of carboxylic acids is 1. The summed E-state index contributed by atoms with van der Waals surface area (Å²) in [7, 11) is 1.59. The maximum atomic E-state index is 10.8. The first-order valence-electron chi connectivity index (χ1n) is 5.55. The van der Waals surface area contributed by atoms with E-state index in [2.05, 4.69) is 10.1 Å². The van der Waals surface area contributed by atoms with Gasteiger partial charge in [-0.1, -0.05) is 17.3 Å². The van der Waals surface area contributed by atoms with E-state index in [0.29, 0.717) is 11.5 Å². The first kappa shape index (κ1) is 11.3. The average Bonchev–Trinajstić information content (AvgIpc) is 3.04. The second-order valence-corrected chi connectivity index (χ2v) is 3.97. The number of ether oxygens (including phenoxy) is 1. The Labute approximate surface area is 107 Å². The highest BCUT2D eigenvalue weighted by Crippen LogP contribution is 2.33. The van der Waals surface area contributed by atoms with Crippen LogP contribution in [0.1, 0.15) is 10.5 Å². The monoisotopic (exact) mass is 258 g/mol. The summed E-state index contributed by atoms with van der Waals surface area (Å²) in [5, 5.41) is 13.2. The number of fused-ring (bicyclic) bond motifs is 1. The van der Waals surface area contributed by atoms with Crippen LogP contribution in [0.25, 0.3) is 22.2 Å². The summed E-state index contributed by atoms with van der Waals surface area (Å²) in [4.78, 5) is 13.9. The maximum absolute atomic E-state index is 10.8. The summed E-state index contributed by atoms with van der Waals surface area (Å²) in [6.45, 7) is 0. The summed E-state index contributed by atoms with van der Waals surface area (Å²) in [5.74, 6) is -0.00829. The molecule has 0 spiro atoms. The molecule has 2 aromatic heterocycles. The smallest absolute Gasteiger partial charge is 0.358 e. The molecule has 0 radical (unpaired) electrons. The van der Waals surface area contributed by atoms with Gasteiger partial charge in [0.05, 0.1) is 12.6 Å². The predicted molar refractivity (Wildman–Crippen MR) is 67.3 cm³/mol. The van der Waals surface area contributed by atoms with Crippen molar-refractivity contribution in [1.82, 2.24) is 10.1 Å². The number of carbonyl (C=O) groups is 1. The first-order chi connectivity index (χ1) is 9.20. The normalized spacial score (nSPS) is 10.8. The Morgan fingerprint density at radius 3 is 3.00 bits per heavy atom. The van der Waals surface area contributed by atoms with E-state index in [0.717, 1.165) is 16.5 Å². The van der Waals surface area contributed by atoms with Crippen LogP contribution in [0.2, 0.25) is 0 Å². The fourth-order valence-electron chi connectivity index (χ4n) is 2.00. The molecule has 3 aromatic rings. The third-order valence-electron chi connectivity index (χ3n) is 2.89. The van der Waals surface area contributed by atoms with Gasteiger partial charge in [0, 0.05) is 23.2 Å². The summed E-state index contributed by atoms with van der Waals surface area (Å²) in [6, 6.07) is 6.98. The van der Waals surface area contributed by atoms with Gasteiger partial charge in [-0.3, -0.25) is 0 Å². The Hall–Kier alpha value is -2.76. The van der Waals surface area contributed by atoms with Gasteiger partial charge >= 0.3 is 5.97 Å². The van der Waals surface area contributed by atoms with Crippen LogP contribution in [0.3, 0.4) is 0 Å². The molecule has 6 heteroatoms. The fourth-order valence-corrected chi connectivity index (χ4v) is 2.00. The summed E-state index contributed by atoms with van der Waals surface area (Å²) < 4.78 is 10.3. The van der Waals surface area contributed by atoms with Gasteiger partial charge in [-0.15, -0.1) is 0 Å². The van der Waals surface area contributed by atoms with E-state index in [1.165, 1.54) is 6.07 Å².